The summed E-state index contributed by atoms with van der Waals surface area (Å²) < 4.78 is 0. The highest BCUT2D eigenvalue weighted by molar-refractivity contribution is 5.92. The van der Waals surface area contributed by atoms with Crippen LogP contribution in [0.4, 0.5) is 5.69 Å². The van der Waals surface area contributed by atoms with Gasteiger partial charge in [0.1, 0.15) is 0 Å². The topological polar surface area (TPSA) is 49.3 Å². The summed E-state index contributed by atoms with van der Waals surface area (Å²) in [5, 5.41) is 11.9. The molecule has 0 fully saturated rings. The molecule has 1 amide bonds. The number of benzene rings is 1. The van der Waals surface area contributed by atoms with E-state index < -0.39 is 0 Å². The average molecular weight is 221 g/mol. The Bertz CT molecular complexity index is 346. The zero-order chi connectivity index (χ0) is 12.0. The minimum absolute atomic E-state index is 0.00526. The molecule has 0 aliphatic carbocycles. The molecule has 0 radical (unpaired) electrons. The van der Waals surface area contributed by atoms with Gasteiger partial charge in [0.05, 0.1) is 6.61 Å². The highest BCUT2D eigenvalue weighted by Gasteiger charge is 2.13. The number of aliphatic hydroxyl groups excluding tert-OH is 1. The molecule has 0 heterocycles. The summed E-state index contributed by atoms with van der Waals surface area (Å²) in [6.07, 6.45) is 1.70. The van der Waals surface area contributed by atoms with Gasteiger partial charge >= 0.3 is 0 Å². The summed E-state index contributed by atoms with van der Waals surface area (Å²) in [6.45, 7) is 4.02. The Labute approximate surface area is 96.5 Å². The molecular formula is C13H19NO2. The van der Waals surface area contributed by atoms with E-state index in [9.17, 15) is 4.79 Å². The fourth-order valence-corrected chi connectivity index (χ4v) is 1.65. The van der Waals surface area contributed by atoms with Gasteiger partial charge in [-0.15, -0.1) is 0 Å². The second-order valence-electron chi connectivity index (χ2n) is 3.86. The third kappa shape index (κ3) is 3.35. The maximum Gasteiger partial charge on any atom is 0.227 e. The van der Waals surface area contributed by atoms with Gasteiger partial charge in [-0.25, -0.2) is 0 Å². The van der Waals surface area contributed by atoms with Gasteiger partial charge in [-0.3, -0.25) is 4.79 Å². The van der Waals surface area contributed by atoms with Crippen molar-refractivity contribution in [1.82, 2.24) is 0 Å². The molecule has 1 aromatic carbocycles. The molecule has 0 bridgehead atoms. The molecule has 0 saturated heterocycles. The first kappa shape index (κ1) is 12.7. The van der Waals surface area contributed by atoms with Crippen molar-refractivity contribution in [2.45, 2.75) is 33.3 Å². The van der Waals surface area contributed by atoms with Crippen molar-refractivity contribution in [3.63, 3.8) is 0 Å². The Hall–Kier alpha value is -1.35. The summed E-state index contributed by atoms with van der Waals surface area (Å²) in [6, 6.07) is 7.28. The quantitative estimate of drug-likeness (QED) is 0.802. The molecule has 16 heavy (non-hydrogen) atoms. The van der Waals surface area contributed by atoms with Crippen LogP contribution in [0.5, 0.6) is 0 Å². The second-order valence-corrected chi connectivity index (χ2v) is 3.86. The van der Waals surface area contributed by atoms with Crippen molar-refractivity contribution in [3.05, 3.63) is 29.8 Å². The average Bonchev–Trinajstić information content (AvgIpc) is 2.31. The Kier molecular flexibility index (Phi) is 4.99. The van der Waals surface area contributed by atoms with Crippen molar-refractivity contribution >= 4 is 11.6 Å². The standard InChI is InChI=1S/C13H19NO2/c1-3-11(4-2)13(16)14-12-7-5-6-10(8-12)9-15/h5-8,11,15H,3-4,9H2,1-2H3,(H,14,16). The van der Waals surface area contributed by atoms with Crippen molar-refractivity contribution in [3.8, 4) is 0 Å². The number of hydrogen-bond acceptors (Lipinski definition) is 2. The minimum Gasteiger partial charge on any atom is -0.392 e. The Morgan fingerprint density at radius 3 is 2.62 bits per heavy atom. The molecule has 88 valence electrons. The Morgan fingerprint density at radius 2 is 2.06 bits per heavy atom. The lowest BCUT2D eigenvalue weighted by Gasteiger charge is -2.13. The molecule has 3 nitrogen and oxygen atoms in total. The van der Waals surface area contributed by atoms with Gasteiger partial charge < -0.3 is 10.4 Å². The van der Waals surface area contributed by atoms with E-state index >= 15 is 0 Å². The molecule has 0 spiro atoms. The number of aliphatic hydroxyl groups is 1. The summed E-state index contributed by atoms with van der Waals surface area (Å²) >= 11 is 0. The molecule has 0 aliphatic heterocycles. The molecule has 0 aromatic heterocycles. The largest absolute Gasteiger partial charge is 0.392 e. The number of carbonyl (C=O) groups excluding carboxylic acids is 1. The predicted octanol–water partition coefficient (Wildman–Crippen LogP) is 2.55. The summed E-state index contributed by atoms with van der Waals surface area (Å²) in [5.41, 5.74) is 1.56. The van der Waals surface area contributed by atoms with Crippen molar-refractivity contribution in [1.29, 1.82) is 0 Å². The van der Waals surface area contributed by atoms with Gasteiger partial charge in [0.15, 0.2) is 0 Å². The van der Waals surface area contributed by atoms with E-state index in [2.05, 4.69) is 5.32 Å². The third-order valence-corrected chi connectivity index (χ3v) is 2.73. The van der Waals surface area contributed by atoms with Crippen molar-refractivity contribution in [2.75, 3.05) is 5.32 Å². The fraction of sp³-hybridized carbons (Fsp3) is 0.462. The van der Waals surface area contributed by atoms with Gasteiger partial charge in [0.2, 0.25) is 5.91 Å². The van der Waals surface area contributed by atoms with Crippen LogP contribution in [0.2, 0.25) is 0 Å². The highest BCUT2D eigenvalue weighted by atomic mass is 16.3. The van der Waals surface area contributed by atoms with Crippen molar-refractivity contribution < 1.29 is 9.90 Å². The van der Waals surface area contributed by atoms with E-state index in [1.807, 2.05) is 32.0 Å². The normalized spacial score (nSPS) is 10.5. The highest BCUT2D eigenvalue weighted by Crippen LogP contribution is 2.14. The number of amides is 1. The van der Waals surface area contributed by atoms with Crippen LogP contribution in [0.15, 0.2) is 24.3 Å². The molecule has 0 atom stereocenters. The molecule has 0 saturated carbocycles. The van der Waals surface area contributed by atoms with Gasteiger partial charge in [-0.05, 0) is 30.5 Å². The first-order valence-corrected chi connectivity index (χ1v) is 5.71. The van der Waals surface area contributed by atoms with Gasteiger partial charge in [0.25, 0.3) is 0 Å². The van der Waals surface area contributed by atoms with Crippen molar-refractivity contribution in [2.24, 2.45) is 5.92 Å². The lowest BCUT2D eigenvalue weighted by Crippen LogP contribution is -2.21. The molecule has 1 rings (SSSR count). The maximum absolute atomic E-state index is 11.8. The lowest BCUT2D eigenvalue weighted by molar-refractivity contribution is -0.120. The van der Waals surface area contributed by atoms with E-state index in [1.165, 1.54) is 0 Å². The number of hydrogen-bond donors (Lipinski definition) is 2. The van der Waals surface area contributed by atoms with Crippen LogP contribution in [0.25, 0.3) is 0 Å². The molecule has 3 heteroatoms. The summed E-state index contributed by atoms with van der Waals surface area (Å²) in [5.74, 6) is 0.123. The van der Waals surface area contributed by atoms with E-state index in [1.54, 1.807) is 6.07 Å². The third-order valence-electron chi connectivity index (χ3n) is 2.73. The van der Waals surface area contributed by atoms with Crippen LogP contribution in [-0.4, -0.2) is 11.0 Å². The van der Waals surface area contributed by atoms with Crippen LogP contribution in [0.1, 0.15) is 32.3 Å². The van der Waals surface area contributed by atoms with Crippen LogP contribution in [-0.2, 0) is 11.4 Å². The summed E-state index contributed by atoms with van der Waals surface area (Å²) in [7, 11) is 0. The first-order chi connectivity index (χ1) is 7.71. The number of anilines is 1. The number of rotatable bonds is 5. The van der Waals surface area contributed by atoms with Gasteiger partial charge in [-0.1, -0.05) is 26.0 Å². The molecule has 1 aromatic rings. The van der Waals surface area contributed by atoms with E-state index in [-0.39, 0.29) is 18.4 Å². The van der Waals surface area contributed by atoms with Crippen LogP contribution in [0, 0.1) is 5.92 Å². The van der Waals surface area contributed by atoms with E-state index in [0.717, 1.165) is 24.1 Å². The van der Waals surface area contributed by atoms with Crippen LogP contribution < -0.4 is 5.32 Å². The summed E-state index contributed by atoms with van der Waals surface area (Å²) in [4.78, 5) is 11.8. The van der Waals surface area contributed by atoms with E-state index in [0.29, 0.717) is 0 Å². The SMILES string of the molecule is CCC(CC)C(=O)Nc1cccc(CO)c1. The predicted molar refractivity (Wildman–Crippen MR) is 65.1 cm³/mol. The molecule has 0 aliphatic rings. The van der Waals surface area contributed by atoms with Gasteiger partial charge in [0, 0.05) is 11.6 Å². The fourth-order valence-electron chi connectivity index (χ4n) is 1.65. The molecule has 0 unspecified atom stereocenters. The number of nitrogens with one attached hydrogen (secondary N) is 1. The molecule has 2 N–H and O–H groups in total. The van der Waals surface area contributed by atoms with Gasteiger partial charge in [-0.2, -0.15) is 0 Å². The number of carbonyl (C=O) groups is 1. The minimum atomic E-state index is -0.00526. The van der Waals surface area contributed by atoms with Crippen LogP contribution in [0.3, 0.4) is 0 Å². The zero-order valence-corrected chi connectivity index (χ0v) is 9.86. The Balaban J connectivity index is 2.68. The van der Waals surface area contributed by atoms with Crippen LogP contribution >= 0.6 is 0 Å². The zero-order valence-electron chi connectivity index (χ0n) is 9.86. The first-order valence-electron chi connectivity index (χ1n) is 5.71. The lowest BCUT2D eigenvalue weighted by atomic mass is 10.0. The monoisotopic (exact) mass is 221 g/mol. The van der Waals surface area contributed by atoms with E-state index in [4.69, 9.17) is 5.11 Å². The second kappa shape index (κ2) is 6.28. The molecular weight excluding hydrogens is 202 g/mol. The Morgan fingerprint density at radius 1 is 1.38 bits per heavy atom. The smallest absolute Gasteiger partial charge is 0.227 e. The maximum atomic E-state index is 11.8.